The maximum atomic E-state index is 12.7. The highest BCUT2D eigenvalue weighted by molar-refractivity contribution is 7.98. The fourth-order valence-electron chi connectivity index (χ4n) is 3.05. The first-order valence-electron chi connectivity index (χ1n) is 8.42. The van der Waals surface area contributed by atoms with E-state index in [2.05, 4.69) is 15.2 Å². The van der Waals surface area contributed by atoms with Crippen LogP contribution in [-0.2, 0) is 4.74 Å². The molecule has 1 fully saturated rings. The average molecular weight is 357 g/mol. The van der Waals surface area contributed by atoms with Gasteiger partial charge in [0.05, 0.1) is 24.8 Å². The van der Waals surface area contributed by atoms with Gasteiger partial charge in [-0.2, -0.15) is 0 Å². The van der Waals surface area contributed by atoms with E-state index in [9.17, 15) is 4.79 Å². The van der Waals surface area contributed by atoms with Crippen LogP contribution in [0.2, 0.25) is 0 Å². The Hall–Kier alpha value is -1.89. The molecule has 25 heavy (non-hydrogen) atoms. The zero-order chi connectivity index (χ0) is 17.5. The molecule has 1 aliphatic rings. The largest absolute Gasteiger partial charge is 0.379 e. The van der Waals surface area contributed by atoms with Crippen molar-refractivity contribution in [3.63, 3.8) is 0 Å². The third-order valence-electron chi connectivity index (χ3n) is 4.38. The van der Waals surface area contributed by atoms with Crippen molar-refractivity contribution in [2.24, 2.45) is 0 Å². The minimum atomic E-state index is -0.0303. The third-order valence-corrected chi connectivity index (χ3v) is 5.18. The summed E-state index contributed by atoms with van der Waals surface area (Å²) in [7, 11) is 0. The van der Waals surface area contributed by atoms with Crippen LogP contribution in [0.1, 0.15) is 22.0 Å². The molecular formula is C19H23N3O2S. The molecule has 0 aliphatic carbocycles. The maximum absolute atomic E-state index is 12.7. The number of amides is 1. The number of ether oxygens (including phenoxy) is 1. The Morgan fingerprint density at radius 1 is 1.24 bits per heavy atom. The van der Waals surface area contributed by atoms with Crippen molar-refractivity contribution in [3.05, 3.63) is 59.9 Å². The summed E-state index contributed by atoms with van der Waals surface area (Å²) in [5, 5.41) is 3.11. The molecule has 1 amide bonds. The van der Waals surface area contributed by atoms with Crippen LogP contribution in [-0.4, -0.2) is 54.9 Å². The Kier molecular flexibility index (Phi) is 6.44. The van der Waals surface area contributed by atoms with Crippen LogP contribution in [0.25, 0.3) is 0 Å². The fourth-order valence-corrected chi connectivity index (χ4v) is 3.64. The Balaban J connectivity index is 1.73. The van der Waals surface area contributed by atoms with Crippen LogP contribution < -0.4 is 5.32 Å². The van der Waals surface area contributed by atoms with E-state index in [0.29, 0.717) is 6.54 Å². The summed E-state index contributed by atoms with van der Waals surface area (Å²) in [4.78, 5) is 20.1. The smallest absolute Gasteiger partial charge is 0.252 e. The minimum absolute atomic E-state index is 0.0303. The van der Waals surface area contributed by atoms with E-state index in [-0.39, 0.29) is 11.9 Å². The molecule has 1 saturated heterocycles. The Labute approximate surface area is 152 Å². The van der Waals surface area contributed by atoms with Gasteiger partial charge in [-0.3, -0.25) is 14.7 Å². The topological polar surface area (TPSA) is 54.5 Å². The van der Waals surface area contributed by atoms with E-state index in [4.69, 9.17) is 4.74 Å². The van der Waals surface area contributed by atoms with Crippen LogP contribution in [0.3, 0.4) is 0 Å². The molecule has 1 atom stereocenters. The Morgan fingerprint density at radius 2 is 1.96 bits per heavy atom. The molecule has 0 spiro atoms. The molecule has 0 unspecified atom stereocenters. The monoisotopic (exact) mass is 357 g/mol. The number of carbonyl (C=O) groups is 1. The number of pyridine rings is 1. The summed E-state index contributed by atoms with van der Waals surface area (Å²) in [5.74, 6) is -0.0303. The fraction of sp³-hybridized carbons (Fsp3) is 0.368. The van der Waals surface area contributed by atoms with E-state index in [1.165, 1.54) is 0 Å². The van der Waals surface area contributed by atoms with Gasteiger partial charge in [0, 0.05) is 36.9 Å². The number of carbonyl (C=O) groups excluding carboxylic acids is 1. The molecule has 1 N–H and O–H groups in total. The molecule has 0 radical (unpaired) electrons. The van der Waals surface area contributed by atoms with Gasteiger partial charge in [-0.1, -0.05) is 12.1 Å². The lowest BCUT2D eigenvalue weighted by atomic mass is 10.1. The molecule has 0 saturated carbocycles. The van der Waals surface area contributed by atoms with Gasteiger partial charge < -0.3 is 10.1 Å². The number of nitrogens with one attached hydrogen (secondary N) is 1. The van der Waals surface area contributed by atoms with Gasteiger partial charge in [-0.25, -0.2) is 0 Å². The van der Waals surface area contributed by atoms with Gasteiger partial charge in [0.1, 0.15) is 0 Å². The second-order valence-corrected chi connectivity index (χ2v) is 6.70. The van der Waals surface area contributed by atoms with Gasteiger partial charge in [-0.15, -0.1) is 11.8 Å². The van der Waals surface area contributed by atoms with Crippen molar-refractivity contribution >= 4 is 17.7 Å². The standard InChI is InChI=1S/C19H23N3O2S/c1-25-18-5-3-2-4-16(18)19(23)21-14-17(15-6-8-20-9-7-15)22-10-12-24-13-11-22/h2-9,17H,10-14H2,1H3,(H,21,23)/t17-/m0/s1. The lowest BCUT2D eigenvalue weighted by molar-refractivity contribution is 0.0162. The number of hydrogen-bond donors (Lipinski definition) is 1. The van der Waals surface area contributed by atoms with Gasteiger partial charge in [0.25, 0.3) is 5.91 Å². The van der Waals surface area contributed by atoms with Crippen molar-refractivity contribution in [1.82, 2.24) is 15.2 Å². The quantitative estimate of drug-likeness (QED) is 0.806. The molecule has 0 bridgehead atoms. The van der Waals surface area contributed by atoms with E-state index in [0.717, 1.165) is 42.3 Å². The summed E-state index contributed by atoms with van der Waals surface area (Å²) in [6.07, 6.45) is 5.58. The van der Waals surface area contributed by atoms with Crippen molar-refractivity contribution in [1.29, 1.82) is 0 Å². The second kappa shape index (κ2) is 8.99. The molecule has 6 heteroatoms. The van der Waals surface area contributed by atoms with Crippen LogP contribution in [0.5, 0.6) is 0 Å². The highest BCUT2D eigenvalue weighted by Gasteiger charge is 2.23. The number of thioether (sulfide) groups is 1. The Bertz CT molecular complexity index is 690. The molecule has 5 nitrogen and oxygen atoms in total. The molecule has 2 aromatic rings. The minimum Gasteiger partial charge on any atom is -0.379 e. The van der Waals surface area contributed by atoms with Crippen molar-refractivity contribution in [2.75, 3.05) is 39.1 Å². The average Bonchev–Trinajstić information content (AvgIpc) is 2.69. The zero-order valence-corrected chi connectivity index (χ0v) is 15.2. The van der Waals surface area contributed by atoms with Gasteiger partial charge in [0.15, 0.2) is 0 Å². The Morgan fingerprint density at radius 3 is 2.68 bits per heavy atom. The molecule has 3 rings (SSSR count). The van der Waals surface area contributed by atoms with Crippen molar-refractivity contribution in [2.45, 2.75) is 10.9 Å². The van der Waals surface area contributed by atoms with Crippen molar-refractivity contribution in [3.8, 4) is 0 Å². The molecule has 1 aromatic heterocycles. The van der Waals surface area contributed by atoms with Crippen LogP contribution in [0.4, 0.5) is 0 Å². The zero-order valence-electron chi connectivity index (χ0n) is 14.4. The summed E-state index contributed by atoms with van der Waals surface area (Å²) >= 11 is 1.59. The number of aromatic nitrogens is 1. The normalized spacial score (nSPS) is 16.4. The number of rotatable bonds is 6. The van der Waals surface area contributed by atoms with Gasteiger partial charge >= 0.3 is 0 Å². The van der Waals surface area contributed by atoms with Crippen LogP contribution >= 0.6 is 11.8 Å². The second-order valence-electron chi connectivity index (χ2n) is 5.85. The first-order chi connectivity index (χ1) is 12.3. The van der Waals surface area contributed by atoms with E-state index >= 15 is 0 Å². The van der Waals surface area contributed by atoms with Crippen molar-refractivity contribution < 1.29 is 9.53 Å². The molecule has 1 aromatic carbocycles. The first kappa shape index (κ1) is 17.9. The highest BCUT2D eigenvalue weighted by atomic mass is 32.2. The molecule has 1 aliphatic heterocycles. The first-order valence-corrected chi connectivity index (χ1v) is 9.65. The number of hydrogen-bond acceptors (Lipinski definition) is 5. The number of morpholine rings is 1. The SMILES string of the molecule is CSc1ccccc1C(=O)NC[C@@H](c1ccncc1)N1CCOCC1. The molecule has 132 valence electrons. The van der Waals surface area contributed by atoms with Crippen LogP contribution in [0, 0.1) is 0 Å². The summed E-state index contributed by atoms with van der Waals surface area (Å²) in [6.45, 7) is 3.75. The molecular weight excluding hydrogens is 334 g/mol. The third kappa shape index (κ3) is 4.60. The van der Waals surface area contributed by atoms with Gasteiger partial charge in [0.2, 0.25) is 0 Å². The van der Waals surface area contributed by atoms with E-state index < -0.39 is 0 Å². The maximum Gasteiger partial charge on any atom is 0.252 e. The predicted molar refractivity (Wildman–Crippen MR) is 99.9 cm³/mol. The highest BCUT2D eigenvalue weighted by Crippen LogP contribution is 2.22. The lowest BCUT2D eigenvalue weighted by Gasteiger charge is -2.34. The van der Waals surface area contributed by atoms with E-state index in [1.54, 1.807) is 24.2 Å². The number of benzene rings is 1. The summed E-state index contributed by atoms with van der Waals surface area (Å²) in [6, 6.07) is 11.9. The van der Waals surface area contributed by atoms with Gasteiger partial charge in [-0.05, 0) is 36.1 Å². The lowest BCUT2D eigenvalue weighted by Crippen LogP contribution is -2.43. The summed E-state index contributed by atoms with van der Waals surface area (Å²) in [5.41, 5.74) is 1.89. The molecule has 2 heterocycles. The number of nitrogens with zero attached hydrogens (tertiary/aromatic N) is 2. The predicted octanol–water partition coefficient (Wildman–Crippen LogP) is 2.61. The summed E-state index contributed by atoms with van der Waals surface area (Å²) < 4.78 is 5.47. The van der Waals surface area contributed by atoms with Crippen LogP contribution in [0.15, 0.2) is 53.7 Å². The van der Waals surface area contributed by atoms with E-state index in [1.807, 2.05) is 42.7 Å².